The van der Waals surface area contributed by atoms with Crippen LogP contribution in [0.3, 0.4) is 0 Å². The molecule has 0 saturated heterocycles. The van der Waals surface area contributed by atoms with Gasteiger partial charge in [-0.15, -0.1) is 0 Å². The smallest absolute Gasteiger partial charge is 0.293 e. The van der Waals surface area contributed by atoms with E-state index in [1.165, 1.54) is 20.3 Å². The van der Waals surface area contributed by atoms with Crippen LogP contribution < -0.4 is 19.5 Å². The van der Waals surface area contributed by atoms with E-state index in [0.29, 0.717) is 17.1 Å². The Bertz CT molecular complexity index is 1510. The maximum Gasteiger partial charge on any atom is 0.293 e. The van der Waals surface area contributed by atoms with Crippen LogP contribution in [0.4, 0.5) is 0 Å². The van der Waals surface area contributed by atoms with Gasteiger partial charge in [0.25, 0.3) is 11.7 Å². The minimum Gasteiger partial charge on any atom is -0.493 e. The number of hydrogen-bond acceptors (Lipinski definition) is 7. The number of methoxy groups -OCH3 is 2. The number of amides is 1. The van der Waals surface area contributed by atoms with E-state index in [4.69, 9.17) is 14.2 Å². The molecular formula is C30H27NO7. The molecule has 2 unspecified atom stereocenters. The van der Waals surface area contributed by atoms with Gasteiger partial charge in [0, 0.05) is 16.7 Å². The molecule has 8 heteroatoms. The van der Waals surface area contributed by atoms with Crippen LogP contribution in [0.1, 0.15) is 52.4 Å². The number of aliphatic hydroxyl groups is 1. The van der Waals surface area contributed by atoms with Gasteiger partial charge in [0.05, 0.1) is 14.2 Å². The van der Waals surface area contributed by atoms with Crippen molar-refractivity contribution in [3.05, 3.63) is 94.6 Å². The van der Waals surface area contributed by atoms with E-state index >= 15 is 0 Å². The Morgan fingerprint density at radius 1 is 0.974 bits per heavy atom. The summed E-state index contributed by atoms with van der Waals surface area (Å²) in [5, 5.41) is 14.5. The average Bonchev–Trinajstić information content (AvgIpc) is 3.28. The third-order valence-electron chi connectivity index (χ3n) is 7.08. The number of carbonyl (C=O) groups excluding carboxylic acids is 3. The zero-order valence-corrected chi connectivity index (χ0v) is 21.4. The van der Waals surface area contributed by atoms with Crippen molar-refractivity contribution in [2.75, 3.05) is 14.2 Å². The molecule has 3 aromatic carbocycles. The van der Waals surface area contributed by atoms with E-state index in [9.17, 15) is 19.5 Å². The third-order valence-corrected chi connectivity index (χ3v) is 7.08. The second kappa shape index (κ2) is 9.15. The lowest BCUT2D eigenvalue weighted by Gasteiger charge is -2.34. The molecule has 2 aliphatic rings. The fourth-order valence-corrected chi connectivity index (χ4v) is 5.07. The molecule has 0 bridgehead atoms. The molecule has 1 amide bonds. The predicted molar refractivity (Wildman–Crippen MR) is 139 cm³/mol. The third kappa shape index (κ3) is 3.60. The van der Waals surface area contributed by atoms with Crippen LogP contribution in [0, 0.1) is 0 Å². The van der Waals surface area contributed by atoms with Gasteiger partial charge >= 0.3 is 0 Å². The van der Waals surface area contributed by atoms with Crippen LogP contribution >= 0.6 is 0 Å². The SMILES string of the molecule is COc1ccc(/C=C/C(=O)C(=O)NC23C(=O)c4ccccc4C2(O)Oc2cc(C(C)C)ccc23)cc1OC. The van der Waals surface area contributed by atoms with Crippen molar-refractivity contribution >= 4 is 23.5 Å². The molecule has 8 nitrogen and oxygen atoms in total. The molecule has 1 aliphatic carbocycles. The number of ketones is 2. The van der Waals surface area contributed by atoms with Crippen LogP contribution in [0.2, 0.25) is 0 Å². The molecule has 1 heterocycles. The van der Waals surface area contributed by atoms with E-state index in [0.717, 1.165) is 11.6 Å². The van der Waals surface area contributed by atoms with E-state index in [-0.39, 0.29) is 28.4 Å². The Kier molecular flexibility index (Phi) is 6.07. The van der Waals surface area contributed by atoms with Gasteiger partial charge in [0.2, 0.25) is 17.1 Å². The summed E-state index contributed by atoms with van der Waals surface area (Å²) in [5.74, 6) is -3.33. The predicted octanol–water partition coefficient (Wildman–Crippen LogP) is 3.86. The standard InChI is InChI=1S/C30H27NO7/c1-17(2)19-11-12-22-25(16-19)38-30(35)21-8-6-5-7-20(21)27(33)29(22,30)31-28(34)23(32)13-9-18-10-14-24(36-3)26(15-18)37-4/h5-17,35H,1-4H3,(H,31,34)/b13-9+. The van der Waals surface area contributed by atoms with Crippen LogP contribution in [-0.2, 0) is 20.9 Å². The number of rotatable bonds is 7. The average molecular weight is 514 g/mol. The highest BCUT2D eigenvalue weighted by Crippen LogP contribution is 2.58. The van der Waals surface area contributed by atoms with Gasteiger partial charge in [-0.05, 0) is 41.3 Å². The lowest BCUT2D eigenvalue weighted by Crippen LogP contribution is -2.61. The lowest BCUT2D eigenvalue weighted by atomic mass is 9.82. The second-order valence-electron chi connectivity index (χ2n) is 9.55. The molecule has 0 aromatic heterocycles. The topological polar surface area (TPSA) is 111 Å². The lowest BCUT2D eigenvalue weighted by molar-refractivity contribution is -0.175. The summed E-state index contributed by atoms with van der Waals surface area (Å²) in [6.07, 6.45) is 2.55. The van der Waals surface area contributed by atoms with Crippen molar-refractivity contribution in [1.29, 1.82) is 0 Å². The maximum atomic E-state index is 13.8. The number of fused-ring (bicyclic) bond motifs is 5. The van der Waals surface area contributed by atoms with Gasteiger partial charge in [0.15, 0.2) is 11.5 Å². The normalized spacial score (nSPS) is 21.1. The highest BCUT2D eigenvalue weighted by molar-refractivity contribution is 6.42. The number of ether oxygens (including phenoxy) is 3. The van der Waals surface area contributed by atoms with Crippen molar-refractivity contribution in [3.63, 3.8) is 0 Å². The zero-order chi connectivity index (χ0) is 27.2. The van der Waals surface area contributed by atoms with Gasteiger partial charge in [0.1, 0.15) is 5.75 Å². The number of benzene rings is 3. The fraction of sp³-hybridized carbons (Fsp3) is 0.233. The molecule has 5 rings (SSSR count). The van der Waals surface area contributed by atoms with Crippen molar-refractivity contribution in [3.8, 4) is 17.2 Å². The monoisotopic (exact) mass is 513 g/mol. The van der Waals surface area contributed by atoms with Crippen molar-refractivity contribution in [1.82, 2.24) is 5.32 Å². The Balaban J connectivity index is 1.51. The maximum absolute atomic E-state index is 13.8. The quantitative estimate of drug-likeness (QED) is 0.365. The highest BCUT2D eigenvalue weighted by atomic mass is 16.6. The van der Waals surface area contributed by atoms with E-state index < -0.39 is 28.8 Å². The Labute approximate surface area is 219 Å². The van der Waals surface area contributed by atoms with Gasteiger partial charge in [-0.25, -0.2) is 0 Å². The highest BCUT2D eigenvalue weighted by Gasteiger charge is 2.71. The first kappa shape index (κ1) is 25.2. The Hall–Kier alpha value is -4.43. The summed E-state index contributed by atoms with van der Waals surface area (Å²) >= 11 is 0. The van der Waals surface area contributed by atoms with Crippen molar-refractivity contribution < 1.29 is 33.7 Å². The minimum atomic E-state index is -2.22. The molecule has 0 saturated carbocycles. The fourth-order valence-electron chi connectivity index (χ4n) is 5.07. The van der Waals surface area contributed by atoms with Crippen LogP contribution in [-0.4, -0.2) is 36.8 Å². The summed E-state index contributed by atoms with van der Waals surface area (Å²) in [4.78, 5) is 40.0. The van der Waals surface area contributed by atoms with Gasteiger partial charge < -0.3 is 24.6 Å². The first-order valence-electron chi connectivity index (χ1n) is 12.1. The number of nitrogens with one attached hydrogen (secondary N) is 1. The molecule has 2 N–H and O–H groups in total. The van der Waals surface area contributed by atoms with Crippen LogP contribution in [0.15, 0.2) is 66.7 Å². The zero-order valence-electron chi connectivity index (χ0n) is 21.4. The van der Waals surface area contributed by atoms with E-state index in [1.54, 1.807) is 54.6 Å². The number of carbonyl (C=O) groups is 3. The first-order valence-corrected chi connectivity index (χ1v) is 12.1. The van der Waals surface area contributed by atoms with Gasteiger partial charge in [-0.2, -0.15) is 0 Å². The molecule has 3 aromatic rings. The molecule has 0 spiro atoms. The summed E-state index contributed by atoms with van der Waals surface area (Å²) in [6, 6.07) is 16.7. The summed E-state index contributed by atoms with van der Waals surface area (Å²) < 4.78 is 16.5. The van der Waals surface area contributed by atoms with Crippen LogP contribution in [0.25, 0.3) is 6.08 Å². The minimum absolute atomic E-state index is 0.163. The van der Waals surface area contributed by atoms with Crippen molar-refractivity contribution in [2.24, 2.45) is 0 Å². The summed E-state index contributed by atoms with van der Waals surface area (Å²) in [7, 11) is 3.01. The summed E-state index contributed by atoms with van der Waals surface area (Å²) in [5.41, 5.74) is 0.228. The first-order chi connectivity index (χ1) is 18.2. The van der Waals surface area contributed by atoms with Crippen molar-refractivity contribution in [2.45, 2.75) is 31.1 Å². The number of Topliss-reactive ketones (excluding diaryl/α,β-unsaturated/α-hetero) is 1. The molecule has 0 radical (unpaired) electrons. The largest absolute Gasteiger partial charge is 0.493 e. The molecule has 194 valence electrons. The molecule has 1 aliphatic heterocycles. The Morgan fingerprint density at radius 3 is 2.42 bits per heavy atom. The Morgan fingerprint density at radius 2 is 1.71 bits per heavy atom. The molecule has 2 atom stereocenters. The molecule has 38 heavy (non-hydrogen) atoms. The van der Waals surface area contributed by atoms with Gasteiger partial charge in [-0.3, -0.25) is 14.4 Å². The molecular weight excluding hydrogens is 486 g/mol. The van der Waals surface area contributed by atoms with E-state index in [1.807, 2.05) is 19.9 Å². The van der Waals surface area contributed by atoms with Crippen LogP contribution in [0.5, 0.6) is 17.2 Å². The van der Waals surface area contributed by atoms with E-state index in [2.05, 4.69) is 5.32 Å². The number of hydrogen-bond donors (Lipinski definition) is 2. The molecule has 0 fully saturated rings. The van der Waals surface area contributed by atoms with Gasteiger partial charge in [-0.1, -0.05) is 62.4 Å². The second-order valence-corrected chi connectivity index (χ2v) is 9.55. The summed E-state index contributed by atoms with van der Waals surface area (Å²) in [6.45, 7) is 4.02.